The van der Waals surface area contributed by atoms with Crippen LogP contribution in [-0.4, -0.2) is 57.5 Å². The fourth-order valence-corrected chi connectivity index (χ4v) is 4.04. The van der Waals surface area contributed by atoms with Crippen LogP contribution in [0.3, 0.4) is 0 Å². The Balaban J connectivity index is 0.000000415. The van der Waals surface area contributed by atoms with Gasteiger partial charge in [-0.15, -0.1) is 0 Å². The molecule has 1 aromatic rings. The Labute approximate surface area is 146 Å². The summed E-state index contributed by atoms with van der Waals surface area (Å²) in [6, 6.07) is 9.86. The molecule has 1 aromatic carbocycles. The maximum atomic E-state index is 12.3. The van der Waals surface area contributed by atoms with Crippen LogP contribution < -0.4 is 0 Å². The average molecular weight is 346 g/mol. The number of hydrogen-bond acceptors (Lipinski definition) is 4. The van der Waals surface area contributed by atoms with Gasteiger partial charge in [0.1, 0.15) is 6.10 Å². The number of likely N-dealkylation sites (tertiary alicyclic amines) is 1. The standard InChI is InChI=1S/C16H18N2O3.C2H4O2/c1-11(19)17-8-7-16-14(17)9-15(20)18(16)10-13(21-16)12-5-3-2-4-6-12;1-2(3)4/h2-6,13-14H,7-10H2,1H3;1H3,(H,3,4)/t13-,14-,16+;/m1./s1. The SMILES string of the molecule is CC(=O)N1CC[C@@]23O[C@@H](c4ccccc4)CN2C(=O)C[C@@H]13.CC(=O)O. The molecule has 1 spiro atoms. The molecule has 4 rings (SSSR count). The molecule has 0 aromatic heterocycles. The Kier molecular flexibility index (Phi) is 4.51. The zero-order valence-electron chi connectivity index (χ0n) is 14.3. The summed E-state index contributed by atoms with van der Waals surface area (Å²) in [5, 5.41) is 7.42. The monoisotopic (exact) mass is 346 g/mol. The third-order valence-corrected chi connectivity index (χ3v) is 5.00. The van der Waals surface area contributed by atoms with E-state index >= 15 is 0 Å². The van der Waals surface area contributed by atoms with E-state index in [0.717, 1.165) is 12.5 Å². The summed E-state index contributed by atoms with van der Waals surface area (Å²) in [5.41, 5.74) is 0.498. The van der Waals surface area contributed by atoms with Gasteiger partial charge in [0.25, 0.3) is 5.97 Å². The number of nitrogens with zero attached hydrogens (tertiary/aromatic N) is 2. The van der Waals surface area contributed by atoms with Gasteiger partial charge in [0.2, 0.25) is 11.8 Å². The molecule has 3 aliphatic rings. The first-order valence-electron chi connectivity index (χ1n) is 8.35. The summed E-state index contributed by atoms with van der Waals surface area (Å²) in [7, 11) is 0. The van der Waals surface area contributed by atoms with Gasteiger partial charge in [-0.1, -0.05) is 30.3 Å². The molecule has 3 saturated heterocycles. The number of aliphatic carboxylic acids is 1. The van der Waals surface area contributed by atoms with E-state index in [4.69, 9.17) is 14.6 Å². The normalized spacial score (nSPS) is 29.8. The predicted octanol–water partition coefficient (Wildman–Crippen LogP) is 1.40. The highest BCUT2D eigenvalue weighted by Crippen LogP contribution is 2.50. The number of ether oxygens (including phenoxy) is 1. The minimum Gasteiger partial charge on any atom is -0.481 e. The van der Waals surface area contributed by atoms with Crippen molar-refractivity contribution in [3.8, 4) is 0 Å². The minimum absolute atomic E-state index is 0.0262. The average Bonchev–Trinajstić information content (AvgIpc) is 3.16. The van der Waals surface area contributed by atoms with Crippen molar-refractivity contribution in [1.82, 2.24) is 9.80 Å². The maximum Gasteiger partial charge on any atom is 0.300 e. The molecule has 25 heavy (non-hydrogen) atoms. The number of carboxylic acid groups (broad SMARTS) is 1. The molecule has 134 valence electrons. The number of amides is 2. The molecule has 1 N–H and O–H groups in total. The predicted molar refractivity (Wildman–Crippen MR) is 88.4 cm³/mol. The van der Waals surface area contributed by atoms with E-state index in [1.807, 2.05) is 35.2 Å². The summed E-state index contributed by atoms with van der Waals surface area (Å²) in [4.78, 5) is 36.7. The number of carbonyl (C=O) groups is 3. The van der Waals surface area contributed by atoms with E-state index in [1.54, 1.807) is 11.8 Å². The van der Waals surface area contributed by atoms with E-state index in [2.05, 4.69) is 0 Å². The van der Waals surface area contributed by atoms with Crippen LogP contribution >= 0.6 is 0 Å². The topological polar surface area (TPSA) is 87.2 Å². The van der Waals surface area contributed by atoms with Crippen molar-refractivity contribution in [3.63, 3.8) is 0 Å². The van der Waals surface area contributed by atoms with Crippen molar-refractivity contribution < 1.29 is 24.2 Å². The molecule has 0 aliphatic carbocycles. The van der Waals surface area contributed by atoms with Crippen LogP contribution in [0, 0.1) is 0 Å². The maximum absolute atomic E-state index is 12.3. The summed E-state index contributed by atoms with van der Waals surface area (Å²) in [6.07, 6.45) is 1.01. The third kappa shape index (κ3) is 3.00. The summed E-state index contributed by atoms with van der Waals surface area (Å²) in [6.45, 7) is 3.91. The van der Waals surface area contributed by atoms with Crippen molar-refractivity contribution >= 4 is 17.8 Å². The van der Waals surface area contributed by atoms with E-state index in [9.17, 15) is 9.59 Å². The second-order valence-electron chi connectivity index (χ2n) is 6.57. The molecular formula is C18H22N2O5. The molecule has 7 nitrogen and oxygen atoms in total. The van der Waals surface area contributed by atoms with Crippen LogP contribution in [0.4, 0.5) is 0 Å². The molecule has 2 amide bonds. The number of carboxylic acids is 1. The van der Waals surface area contributed by atoms with Crippen LogP contribution in [0.2, 0.25) is 0 Å². The van der Waals surface area contributed by atoms with Crippen LogP contribution in [-0.2, 0) is 19.1 Å². The Morgan fingerprint density at radius 3 is 2.48 bits per heavy atom. The Bertz CT molecular complexity index is 688. The quantitative estimate of drug-likeness (QED) is 0.830. The zero-order valence-corrected chi connectivity index (χ0v) is 14.3. The summed E-state index contributed by atoms with van der Waals surface area (Å²) in [5.74, 6) is -0.706. The van der Waals surface area contributed by atoms with Gasteiger partial charge in [-0.2, -0.15) is 0 Å². The van der Waals surface area contributed by atoms with Crippen molar-refractivity contribution in [1.29, 1.82) is 0 Å². The van der Waals surface area contributed by atoms with Gasteiger partial charge in [-0.25, -0.2) is 0 Å². The second-order valence-corrected chi connectivity index (χ2v) is 6.57. The van der Waals surface area contributed by atoms with Crippen LogP contribution in [0.15, 0.2) is 30.3 Å². The van der Waals surface area contributed by atoms with Crippen molar-refractivity contribution in [2.24, 2.45) is 0 Å². The lowest BCUT2D eigenvalue weighted by atomic mass is 10.1. The van der Waals surface area contributed by atoms with Gasteiger partial charge < -0.3 is 19.6 Å². The molecular weight excluding hydrogens is 324 g/mol. The lowest BCUT2D eigenvalue weighted by molar-refractivity contribution is -0.142. The molecule has 0 bridgehead atoms. The molecule has 3 atom stereocenters. The van der Waals surface area contributed by atoms with Crippen molar-refractivity contribution in [2.45, 2.75) is 44.6 Å². The van der Waals surface area contributed by atoms with Crippen LogP contribution in [0.1, 0.15) is 38.4 Å². The molecule has 0 radical (unpaired) electrons. The number of carbonyl (C=O) groups excluding carboxylic acids is 2. The van der Waals surface area contributed by atoms with E-state index in [-0.39, 0.29) is 24.0 Å². The van der Waals surface area contributed by atoms with Crippen LogP contribution in [0.25, 0.3) is 0 Å². The zero-order chi connectivity index (χ0) is 18.2. The van der Waals surface area contributed by atoms with Gasteiger partial charge in [0.05, 0.1) is 19.0 Å². The highest BCUT2D eigenvalue weighted by molar-refractivity contribution is 5.84. The van der Waals surface area contributed by atoms with Gasteiger partial charge >= 0.3 is 0 Å². The second kappa shape index (κ2) is 6.48. The lowest BCUT2D eigenvalue weighted by Gasteiger charge is -2.31. The molecule has 3 aliphatic heterocycles. The van der Waals surface area contributed by atoms with E-state index < -0.39 is 11.7 Å². The van der Waals surface area contributed by atoms with E-state index in [1.165, 1.54) is 0 Å². The van der Waals surface area contributed by atoms with E-state index in [0.29, 0.717) is 25.9 Å². The van der Waals surface area contributed by atoms with Gasteiger partial charge in [0.15, 0.2) is 5.72 Å². The van der Waals surface area contributed by atoms with Crippen LogP contribution in [0.5, 0.6) is 0 Å². The van der Waals surface area contributed by atoms with Crippen molar-refractivity contribution in [3.05, 3.63) is 35.9 Å². The first-order valence-corrected chi connectivity index (χ1v) is 8.35. The Hall–Kier alpha value is -2.41. The third-order valence-electron chi connectivity index (χ3n) is 5.00. The van der Waals surface area contributed by atoms with Gasteiger partial charge in [0, 0.05) is 26.8 Å². The number of hydrogen-bond donors (Lipinski definition) is 1. The Morgan fingerprint density at radius 1 is 1.24 bits per heavy atom. The smallest absolute Gasteiger partial charge is 0.300 e. The Morgan fingerprint density at radius 2 is 1.88 bits per heavy atom. The van der Waals surface area contributed by atoms with Gasteiger partial charge in [-0.3, -0.25) is 14.4 Å². The lowest BCUT2D eigenvalue weighted by Crippen LogP contribution is -2.48. The van der Waals surface area contributed by atoms with Crippen molar-refractivity contribution in [2.75, 3.05) is 13.1 Å². The summed E-state index contributed by atoms with van der Waals surface area (Å²) < 4.78 is 6.35. The first kappa shape index (κ1) is 17.4. The highest BCUT2D eigenvalue weighted by Gasteiger charge is 2.64. The molecule has 3 heterocycles. The molecule has 7 heteroatoms. The summed E-state index contributed by atoms with van der Waals surface area (Å²) >= 11 is 0. The number of benzene rings is 1. The fraction of sp³-hybridized carbons (Fsp3) is 0.500. The van der Waals surface area contributed by atoms with Gasteiger partial charge in [-0.05, 0) is 5.56 Å². The first-order chi connectivity index (χ1) is 11.8. The largest absolute Gasteiger partial charge is 0.481 e. The molecule has 3 fully saturated rings. The highest BCUT2D eigenvalue weighted by atomic mass is 16.5. The minimum atomic E-state index is -0.833. The number of rotatable bonds is 1. The molecule has 0 saturated carbocycles. The molecule has 0 unspecified atom stereocenters. The fourth-order valence-electron chi connectivity index (χ4n) is 4.04.